The van der Waals surface area contributed by atoms with Crippen molar-refractivity contribution in [2.75, 3.05) is 0 Å². The average molecular weight is 423 g/mol. The summed E-state index contributed by atoms with van der Waals surface area (Å²) in [4.78, 5) is 26.3. The Kier molecular flexibility index (Phi) is 4.24. The fourth-order valence-electron chi connectivity index (χ4n) is 4.68. The van der Waals surface area contributed by atoms with E-state index < -0.39 is 0 Å². The highest BCUT2D eigenvalue weighted by Crippen LogP contribution is 2.34. The lowest BCUT2D eigenvalue weighted by Crippen LogP contribution is -2.32. The molecular weight excluding hydrogens is 402 g/mol. The Morgan fingerprint density at radius 3 is 3.00 bits per heavy atom. The van der Waals surface area contributed by atoms with Crippen molar-refractivity contribution in [2.45, 2.75) is 25.3 Å². The first-order valence-electron chi connectivity index (χ1n) is 10.7. The maximum absolute atomic E-state index is 13.1. The van der Waals surface area contributed by atoms with Crippen molar-refractivity contribution in [3.05, 3.63) is 71.9 Å². The molecule has 1 aliphatic rings. The quantitative estimate of drug-likeness (QED) is 0.461. The summed E-state index contributed by atoms with van der Waals surface area (Å²) < 4.78 is 1.85. The SMILES string of the molecule is Cn1c(C(=O)NC2CCCc3cc(-c4ncnc5[nH]ncc45)ccc32)nc2ccccc21. The number of carbonyl (C=O) groups is 1. The Morgan fingerprint density at radius 2 is 2.09 bits per heavy atom. The van der Waals surface area contributed by atoms with Gasteiger partial charge in [-0.15, -0.1) is 0 Å². The summed E-state index contributed by atoms with van der Waals surface area (Å²) >= 11 is 0. The second-order valence-electron chi connectivity index (χ2n) is 8.17. The van der Waals surface area contributed by atoms with Crippen molar-refractivity contribution in [2.24, 2.45) is 7.05 Å². The number of fused-ring (bicyclic) bond motifs is 3. The largest absolute Gasteiger partial charge is 0.343 e. The van der Waals surface area contributed by atoms with Gasteiger partial charge >= 0.3 is 0 Å². The molecule has 1 atom stereocenters. The summed E-state index contributed by atoms with van der Waals surface area (Å²) in [6.45, 7) is 0. The Labute approximate surface area is 183 Å². The van der Waals surface area contributed by atoms with Gasteiger partial charge in [0.05, 0.1) is 34.4 Å². The minimum Gasteiger partial charge on any atom is -0.343 e. The first-order valence-corrected chi connectivity index (χ1v) is 10.7. The Hall–Kier alpha value is -4.07. The number of imidazole rings is 1. The second kappa shape index (κ2) is 7.26. The third-order valence-electron chi connectivity index (χ3n) is 6.27. The van der Waals surface area contributed by atoms with Crippen LogP contribution in [-0.4, -0.2) is 35.6 Å². The van der Waals surface area contributed by atoms with Crippen LogP contribution in [0.15, 0.2) is 55.0 Å². The molecule has 3 heterocycles. The molecule has 0 fully saturated rings. The predicted octanol–water partition coefficient (Wildman–Crippen LogP) is 3.71. The molecule has 3 aromatic heterocycles. The van der Waals surface area contributed by atoms with Gasteiger partial charge in [-0.3, -0.25) is 9.89 Å². The number of hydrogen-bond acceptors (Lipinski definition) is 5. The van der Waals surface area contributed by atoms with E-state index in [-0.39, 0.29) is 11.9 Å². The van der Waals surface area contributed by atoms with Crippen LogP contribution >= 0.6 is 0 Å². The predicted molar refractivity (Wildman–Crippen MR) is 121 cm³/mol. The van der Waals surface area contributed by atoms with Crippen LogP contribution in [0.5, 0.6) is 0 Å². The number of benzene rings is 2. The molecule has 32 heavy (non-hydrogen) atoms. The van der Waals surface area contributed by atoms with E-state index in [1.165, 1.54) is 5.56 Å². The number of nitrogens with one attached hydrogen (secondary N) is 2. The number of aromatic amines is 1. The van der Waals surface area contributed by atoms with E-state index in [2.05, 4.69) is 48.7 Å². The third-order valence-corrected chi connectivity index (χ3v) is 6.27. The molecule has 6 rings (SSSR count). The van der Waals surface area contributed by atoms with Gasteiger partial charge in [-0.05, 0) is 48.6 Å². The maximum atomic E-state index is 13.1. The van der Waals surface area contributed by atoms with Gasteiger partial charge in [-0.2, -0.15) is 5.10 Å². The van der Waals surface area contributed by atoms with Crippen molar-refractivity contribution in [3.63, 3.8) is 0 Å². The number of H-pyrrole nitrogens is 1. The van der Waals surface area contributed by atoms with Gasteiger partial charge in [0.1, 0.15) is 6.33 Å². The zero-order valence-corrected chi connectivity index (χ0v) is 17.5. The lowest BCUT2D eigenvalue weighted by Gasteiger charge is -2.27. The highest BCUT2D eigenvalue weighted by Gasteiger charge is 2.25. The average Bonchev–Trinajstić information content (AvgIpc) is 3.44. The van der Waals surface area contributed by atoms with E-state index in [4.69, 9.17) is 0 Å². The first kappa shape index (κ1) is 18.7. The Morgan fingerprint density at radius 1 is 1.19 bits per heavy atom. The Balaban J connectivity index is 1.32. The highest BCUT2D eigenvalue weighted by molar-refractivity contribution is 5.95. The molecular formula is C24H21N7O. The van der Waals surface area contributed by atoms with E-state index >= 15 is 0 Å². The van der Waals surface area contributed by atoms with E-state index in [9.17, 15) is 4.79 Å². The third kappa shape index (κ3) is 2.95. The number of para-hydroxylation sites is 2. The minimum atomic E-state index is -0.151. The van der Waals surface area contributed by atoms with Gasteiger partial charge in [-0.1, -0.05) is 24.3 Å². The number of aryl methyl sites for hydroxylation is 2. The topological polar surface area (TPSA) is 101 Å². The number of carbonyl (C=O) groups excluding carboxylic acids is 1. The normalized spacial score (nSPS) is 15.7. The van der Waals surface area contributed by atoms with Gasteiger partial charge in [0, 0.05) is 12.6 Å². The lowest BCUT2D eigenvalue weighted by molar-refractivity contribution is 0.0919. The van der Waals surface area contributed by atoms with Crippen LogP contribution in [0.3, 0.4) is 0 Å². The molecule has 1 amide bonds. The van der Waals surface area contributed by atoms with Crippen LogP contribution in [0.4, 0.5) is 0 Å². The van der Waals surface area contributed by atoms with E-state index in [1.54, 1.807) is 12.5 Å². The number of nitrogens with zero attached hydrogens (tertiary/aromatic N) is 5. The molecule has 8 heteroatoms. The van der Waals surface area contributed by atoms with Crippen molar-refractivity contribution < 1.29 is 4.79 Å². The zero-order chi connectivity index (χ0) is 21.7. The molecule has 2 aromatic carbocycles. The molecule has 1 aliphatic carbocycles. The van der Waals surface area contributed by atoms with Crippen molar-refractivity contribution in [3.8, 4) is 11.3 Å². The van der Waals surface area contributed by atoms with E-state index in [0.717, 1.165) is 58.2 Å². The number of aromatic nitrogens is 6. The van der Waals surface area contributed by atoms with Gasteiger partial charge in [0.15, 0.2) is 11.5 Å². The molecule has 2 N–H and O–H groups in total. The standard InChI is InChI=1S/C24H21N7O/c1-31-20-8-3-2-6-19(20)28-23(31)24(32)29-18-7-4-5-14-11-15(9-10-16(14)18)21-17-12-27-30-22(17)26-13-25-21/h2-3,6,8-13,18H,4-5,7H2,1H3,(H,29,32)(H,25,26,27,30). The molecule has 0 saturated heterocycles. The van der Waals surface area contributed by atoms with Crippen molar-refractivity contribution in [1.82, 2.24) is 35.0 Å². The van der Waals surface area contributed by atoms with Gasteiger partial charge in [0.25, 0.3) is 5.91 Å². The summed E-state index contributed by atoms with van der Waals surface area (Å²) in [5, 5.41) is 11.1. The maximum Gasteiger partial charge on any atom is 0.287 e. The van der Waals surface area contributed by atoms with Gasteiger partial charge in [-0.25, -0.2) is 15.0 Å². The summed E-state index contributed by atoms with van der Waals surface area (Å²) in [6, 6.07) is 14.1. The summed E-state index contributed by atoms with van der Waals surface area (Å²) in [5.74, 6) is 0.278. The van der Waals surface area contributed by atoms with Crippen molar-refractivity contribution in [1.29, 1.82) is 0 Å². The smallest absolute Gasteiger partial charge is 0.287 e. The van der Waals surface area contributed by atoms with Crippen LogP contribution in [0, 0.1) is 0 Å². The molecule has 158 valence electrons. The van der Waals surface area contributed by atoms with E-state index in [0.29, 0.717) is 5.82 Å². The molecule has 0 aliphatic heterocycles. The van der Waals surface area contributed by atoms with Crippen LogP contribution in [-0.2, 0) is 13.5 Å². The minimum absolute atomic E-state index is 0.0422. The van der Waals surface area contributed by atoms with Crippen LogP contribution in [0.25, 0.3) is 33.3 Å². The van der Waals surface area contributed by atoms with Crippen LogP contribution in [0.2, 0.25) is 0 Å². The summed E-state index contributed by atoms with van der Waals surface area (Å²) in [7, 11) is 1.88. The van der Waals surface area contributed by atoms with Crippen molar-refractivity contribution >= 4 is 28.0 Å². The molecule has 0 spiro atoms. The summed E-state index contributed by atoms with van der Waals surface area (Å²) in [6.07, 6.45) is 6.19. The highest BCUT2D eigenvalue weighted by atomic mass is 16.2. The molecule has 0 bridgehead atoms. The fraction of sp³-hybridized carbons (Fsp3) is 0.208. The number of amides is 1. The van der Waals surface area contributed by atoms with Gasteiger partial charge in [0.2, 0.25) is 0 Å². The zero-order valence-electron chi connectivity index (χ0n) is 17.5. The molecule has 8 nitrogen and oxygen atoms in total. The molecule has 5 aromatic rings. The van der Waals surface area contributed by atoms with Gasteiger partial charge < -0.3 is 9.88 Å². The molecule has 1 unspecified atom stereocenters. The van der Waals surface area contributed by atoms with Crippen LogP contribution < -0.4 is 5.32 Å². The Bertz CT molecular complexity index is 1480. The number of hydrogen-bond donors (Lipinski definition) is 2. The van der Waals surface area contributed by atoms with Crippen LogP contribution in [0.1, 0.15) is 40.6 Å². The fourth-order valence-corrected chi connectivity index (χ4v) is 4.68. The van der Waals surface area contributed by atoms with E-state index in [1.807, 2.05) is 35.9 Å². The summed E-state index contributed by atoms with van der Waals surface area (Å²) in [5.41, 5.74) is 6.77. The second-order valence-corrected chi connectivity index (χ2v) is 8.17. The monoisotopic (exact) mass is 423 g/mol. The molecule has 0 radical (unpaired) electrons. The number of rotatable bonds is 3. The first-order chi connectivity index (χ1) is 15.7. The lowest BCUT2D eigenvalue weighted by atomic mass is 9.86. The molecule has 0 saturated carbocycles.